The summed E-state index contributed by atoms with van der Waals surface area (Å²) in [6.45, 7) is 3.11. The zero-order valence-electron chi connectivity index (χ0n) is 14.3. The molecule has 3 aliphatic rings. The lowest BCUT2D eigenvalue weighted by molar-refractivity contribution is -0.143. The van der Waals surface area contributed by atoms with Crippen molar-refractivity contribution in [1.29, 1.82) is 0 Å². The van der Waals surface area contributed by atoms with Crippen molar-refractivity contribution in [2.24, 2.45) is 5.92 Å². The number of fused-ring (bicyclic) bond motifs is 2. The van der Waals surface area contributed by atoms with Crippen LogP contribution in [-0.4, -0.2) is 60.1 Å². The van der Waals surface area contributed by atoms with Crippen molar-refractivity contribution in [3.8, 4) is 0 Å². The number of carbonyl (C=O) groups is 1. The largest absolute Gasteiger partial charge is 0.392 e. The highest BCUT2D eigenvalue weighted by molar-refractivity contribution is 5.80. The normalized spacial score (nSPS) is 29.0. The Morgan fingerprint density at radius 2 is 1.96 bits per heavy atom. The number of allylic oxidation sites excluding steroid dienone is 1. The van der Waals surface area contributed by atoms with Crippen LogP contribution in [0.2, 0.25) is 0 Å². The van der Waals surface area contributed by atoms with Gasteiger partial charge in [-0.15, -0.1) is 0 Å². The van der Waals surface area contributed by atoms with E-state index in [1.54, 1.807) is 0 Å². The molecule has 2 fully saturated rings. The molecule has 128 valence electrons. The summed E-state index contributed by atoms with van der Waals surface area (Å²) in [7, 11) is 2.03. The summed E-state index contributed by atoms with van der Waals surface area (Å²) < 4.78 is 0. The van der Waals surface area contributed by atoms with Gasteiger partial charge in [0.05, 0.1) is 12.0 Å². The summed E-state index contributed by atoms with van der Waals surface area (Å²) in [5.41, 5.74) is 2.84. The number of amides is 1. The Kier molecular flexibility index (Phi) is 3.97. The van der Waals surface area contributed by atoms with E-state index in [9.17, 15) is 9.90 Å². The van der Waals surface area contributed by atoms with E-state index in [1.807, 2.05) is 11.9 Å². The Morgan fingerprint density at radius 1 is 1.21 bits per heavy atom. The van der Waals surface area contributed by atoms with Gasteiger partial charge in [-0.25, -0.2) is 0 Å². The molecular formula is C20H26N2O2. The van der Waals surface area contributed by atoms with Gasteiger partial charge in [-0.1, -0.05) is 36.4 Å². The van der Waals surface area contributed by atoms with Gasteiger partial charge in [-0.3, -0.25) is 4.79 Å². The lowest BCUT2D eigenvalue weighted by Gasteiger charge is -2.42. The van der Waals surface area contributed by atoms with Gasteiger partial charge in [-0.05, 0) is 37.4 Å². The van der Waals surface area contributed by atoms with E-state index in [0.717, 1.165) is 32.5 Å². The highest BCUT2D eigenvalue weighted by atomic mass is 16.3. The van der Waals surface area contributed by atoms with E-state index in [0.29, 0.717) is 13.0 Å². The Bertz CT molecular complexity index is 661. The molecule has 1 aliphatic carbocycles. The molecule has 1 spiro atoms. The SMILES string of the molecule is CN1CC[C@@H](O)[C@H](C(=O)N2CCC3(C=Cc4ccccc43)CC2)C1. The molecule has 0 saturated carbocycles. The molecule has 4 rings (SSSR count). The molecule has 1 aromatic rings. The average Bonchev–Trinajstić information content (AvgIpc) is 2.96. The summed E-state index contributed by atoms with van der Waals surface area (Å²) in [6, 6.07) is 8.60. The molecule has 0 aromatic heterocycles. The van der Waals surface area contributed by atoms with E-state index in [-0.39, 0.29) is 17.2 Å². The van der Waals surface area contributed by atoms with Crippen molar-refractivity contribution < 1.29 is 9.90 Å². The van der Waals surface area contributed by atoms with Crippen LogP contribution in [0, 0.1) is 5.92 Å². The summed E-state index contributed by atoms with van der Waals surface area (Å²) >= 11 is 0. The summed E-state index contributed by atoms with van der Waals surface area (Å²) in [6.07, 6.45) is 6.73. The maximum Gasteiger partial charge on any atom is 0.229 e. The van der Waals surface area contributed by atoms with Crippen molar-refractivity contribution in [1.82, 2.24) is 9.80 Å². The Labute approximate surface area is 143 Å². The van der Waals surface area contributed by atoms with Gasteiger partial charge in [0.25, 0.3) is 0 Å². The molecule has 0 radical (unpaired) electrons. The third-order valence-corrected chi connectivity index (χ3v) is 6.14. The minimum absolute atomic E-state index is 0.106. The average molecular weight is 326 g/mol. The van der Waals surface area contributed by atoms with Gasteiger partial charge >= 0.3 is 0 Å². The van der Waals surface area contributed by atoms with Crippen LogP contribution < -0.4 is 0 Å². The molecule has 2 saturated heterocycles. The molecular weight excluding hydrogens is 300 g/mol. The van der Waals surface area contributed by atoms with E-state index in [2.05, 4.69) is 41.3 Å². The number of aliphatic hydroxyl groups excluding tert-OH is 1. The van der Waals surface area contributed by atoms with Gasteiger partial charge in [0.1, 0.15) is 0 Å². The summed E-state index contributed by atoms with van der Waals surface area (Å²) in [4.78, 5) is 17.0. The van der Waals surface area contributed by atoms with E-state index in [1.165, 1.54) is 11.1 Å². The number of aliphatic hydroxyl groups is 1. The maximum absolute atomic E-state index is 12.9. The van der Waals surface area contributed by atoms with Crippen molar-refractivity contribution in [3.05, 3.63) is 41.5 Å². The van der Waals surface area contributed by atoms with Gasteiger partial charge < -0.3 is 14.9 Å². The molecule has 2 aliphatic heterocycles. The number of hydrogen-bond donors (Lipinski definition) is 1. The number of likely N-dealkylation sites (tertiary alicyclic amines) is 2. The van der Waals surface area contributed by atoms with Crippen molar-refractivity contribution in [2.75, 3.05) is 33.2 Å². The van der Waals surface area contributed by atoms with Crippen molar-refractivity contribution >= 4 is 12.0 Å². The second-order valence-corrected chi connectivity index (χ2v) is 7.63. The van der Waals surface area contributed by atoms with E-state index < -0.39 is 6.10 Å². The van der Waals surface area contributed by atoms with Gasteiger partial charge in [0.2, 0.25) is 5.91 Å². The lowest BCUT2D eigenvalue weighted by Crippen LogP contribution is -2.52. The second kappa shape index (κ2) is 6.01. The summed E-state index contributed by atoms with van der Waals surface area (Å²) in [5, 5.41) is 10.2. The van der Waals surface area contributed by atoms with Crippen LogP contribution >= 0.6 is 0 Å². The Balaban J connectivity index is 1.45. The van der Waals surface area contributed by atoms with Crippen LogP contribution in [0.1, 0.15) is 30.4 Å². The number of piperidine rings is 2. The smallest absolute Gasteiger partial charge is 0.229 e. The Morgan fingerprint density at radius 3 is 2.75 bits per heavy atom. The van der Waals surface area contributed by atoms with Crippen LogP contribution in [0.15, 0.2) is 30.3 Å². The number of benzene rings is 1. The minimum atomic E-state index is -0.489. The zero-order chi connectivity index (χ0) is 16.7. The van der Waals surface area contributed by atoms with E-state index in [4.69, 9.17) is 0 Å². The molecule has 2 heterocycles. The molecule has 1 amide bonds. The van der Waals surface area contributed by atoms with Crippen molar-refractivity contribution in [2.45, 2.75) is 30.8 Å². The monoisotopic (exact) mass is 326 g/mol. The Hall–Kier alpha value is -1.65. The number of nitrogens with zero attached hydrogens (tertiary/aromatic N) is 2. The van der Waals surface area contributed by atoms with Crippen LogP contribution in [0.5, 0.6) is 0 Å². The fraction of sp³-hybridized carbons (Fsp3) is 0.550. The first kappa shape index (κ1) is 15.9. The number of carbonyl (C=O) groups excluding carboxylic acids is 1. The lowest BCUT2D eigenvalue weighted by atomic mass is 9.74. The topological polar surface area (TPSA) is 43.8 Å². The van der Waals surface area contributed by atoms with Crippen LogP contribution in [0.3, 0.4) is 0 Å². The molecule has 1 aromatic carbocycles. The van der Waals surface area contributed by atoms with Crippen molar-refractivity contribution in [3.63, 3.8) is 0 Å². The highest BCUT2D eigenvalue weighted by Crippen LogP contribution is 2.43. The third-order valence-electron chi connectivity index (χ3n) is 6.14. The van der Waals surface area contributed by atoms with Crippen LogP contribution in [0.4, 0.5) is 0 Å². The quantitative estimate of drug-likeness (QED) is 0.857. The first-order valence-corrected chi connectivity index (χ1v) is 9.03. The van der Waals surface area contributed by atoms with Gasteiger partial charge in [0, 0.05) is 31.6 Å². The zero-order valence-corrected chi connectivity index (χ0v) is 14.3. The van der Waals surface area contributed by atoms with E-state index >= 15 is 0 Å². The van der Waals surface area contributed by atoms with Crippen LogP contribution in [-0.2, 0) is 10.2 Å². The number of rotatable bonds is 1. The number of hydrogen-bond acceptors (Lipinski definition) is 3. The third kappa shape index (κ3) is 2.58. The highest BCUT2D eigenvalue weighted by Gasteiger charge is 2.41. The first-order chi connectivity index (χ1) is 11.6. The predicted octanol–water partition coefficient (Wildman–Crippen LogP) is 1.89. The molecule has 24 heavy (non-hydrogen) atoms. The molecule has 4 heteroatoms. The predicted molar refractivity (Wildman–Crippen MR) is 94.6 cm³/mol. The second-order valence-electron chi connectivity index (χ2n) is 7.63. The fourth-order valence-electron chi connectivity index (χ4n) is 4.58. The van der Waals surface area contributed by atoms with Gasteiger partial charge in [0.15, 0.2) is 0 Å². The van der Waals surface area contributed by atoms with Gasteiger partial charge in [-0.2, -0.15) is 0 Å². The van der Waals surface area contributed by atoms with Crippen LogP contribution in [0.25, 0.3) is 6.08 Å². The maximum atomic E-state index is 12.9. The molecule has 0 bridgehead atoms. The standard InChI is InChI=1S/C20H26N2O2/c1-21-11-7-18(23)16(14-21)19(24)22-12-9-20(10-13-22)8-6-15-4-2-3-5-17(15)20/h2-6,8,16,18,23H,7,9-14H2,1H3/t16-,18-/m1/s1. The fourth-order valence-corrected chi connectivity index (χ4v) is 4.58. The molecule has 0 unspecified atom stereocenters. The minimum Gasteiger partial charge on any atom is -0.392 e. The molecule has 2 atom stereocenters. The first-order valence-electron chi connectivity index (χ1n) is 9.03. The molecule has 1 N–H and O–H groups in total. The molecule has 4 nitrogen and oxygen atoms in total. The summed E-state index contributed by atoms with van der Waals surface area (Å²) in [5.74, 6) is -0.122.